The van der Waals surface area contributed by atoms with Gasteiger partial charge in [0.1, 0.15) is 0 Å². The predicted molar refractivity (Wildman–Crippen MR) is 48.0 cm³/mol. The summed E-state index contributed by atoms with van der Waals surface area (Å²) in [6.07, 6.45) is -2.92. The number of nitrogens with zero attached hydrogens (tertiary/aromatic N) is 1. The first-order valence-corrected chi connectivity index (χ1v) is 4.55. The fourth-order valence-corrected chi connectivity index (χ4v) is 1.66. The van der Waals surface area contributed by atoms with Crippen LogP contribution in [0.25, 0.3) is 0 Å². The highest BCUT2D eigenvalue weighted by atomic mass is 32.2. The number of alkyl halides is 3. The highest BCUT2D eigenvalue weighted by molar-refractivity contribution is 7.97. The van der Waals surface area contributed by atoms with Gasteiger partial charge in [0.15, 0.2) is 0 Å². The molecule has 1 heterocycles. The summed E-state index contributed by atoms with van der Waals surface area (Å²) in [5.74, 6) is 0. The zero-order valence-electron chi connectivity index (χ0n) is 6.80. The molecule has 0 radical (unpaired) electrons. The molecule has 0 aromatic heterocycles. The number of rotatable bonds is 0. The normalized spacial score (nSPS) is 14.8. The lowest BCUT2D eigenvalue weighted by Crippen LogP contribution is -2.08. The molecular weight excluding hydrogens is 213 g/mol. The minimum Gasteiger partial charge on any atom is -0.247 e. The monoisotopic (exact) mass is 218 g/mol. The summed E-state index contributed by atoms with van der Waals surface area (Å²) in [5, 5.41) is 3.66. The van der Waals surface area contributed by atoms with Crippen LogP contribution in [0.15, 0.2) is 28.2 Å². The first kappa shape index (κ1) is 9.39. The van der Waals surface area contributed by atoms with Crippen LogP contribution in [0, 0.1) is 0 Å². The van der Waals surface area contributed by atoms with E-state index in [1.807, 2.05) is 0 Å². The highest BCUT2D eigenvalue weighted by Crippen LogP contribution is 2.32. The first-order valence-electron chi connectivity index (χ1n) is 3.73. The van der Waals surface area contributed by atoms with Gasteiger partial charge >= 0.3 is 6.18 Å². The molecular formula is C8H5F3N2S. The van der Waals surface area contributed by atoms with Crippen LogP contribution in [0.2, 0.25) is 0 Å². The van der Waals surface area contributed by atoms with Gasteiger partial charge in [0.2, 0.25) is 0 Å². The van der Waals surface area contributed by atoms with Crippen LogP contribution in [0.5, 0.6) is 0 Å². The smallest absolute Gasteiger partial charge is 0.247 e. The van der Waals surface area contributed by atoms with Crippen LogP contribution in [-0.2, 0) is 6.18 Å². The van der Waals surface area contributed by atoms with Gasteiger partial charge in [-0.1, -0.05) is 0 Å². The lowest BCUT2D eigenvalue weighted by atomic mass is 10.1. The molecule has 0 unspecified atom stereocenters. The van der Waals surface area contributed by atoms with E-state index < -0.39 is 11.7 Å². The molecule has 1 aliphatic rings. The van der Waals surface area contributed by atoms with Gasteiger partial charge in [0.05, 0.1) is 11.8 Å². The molecule has 0 bridgehead atoms. The maximum Gasteiger partial charge on any atom is 0.416 e. The SMILES string of the molecule is FC(F)(F)c1ccc2c(c1)C=NNS2. The van der Waals surface area contributed by atoms with Gasteiger partial charge < -0.3 is 0 Å². The summed E-state index contributed by atoms with van der Waals surface area (Å²) in [5.41, 5.74) is -0.159. The van der Waals surface area contributed by atoms with E-state index in [4.69, 9.17) is 0 Å². The summed E-state index contributed by atoms with van der Waals surface area (Å²) in [6, 6.07) is 3.58. The number of benzene rings is 1. The van der Waals surface area contributed by atoms with E-state index >= 15 is 0 Å². The van der Waals surface area contributed by atoms with Gasteiger partial charge in [0, 0.05) is 22.4 Å². The van der Waals surface area contributed by atoms with Crippen LogP contribution < -0.4 is 4.83 Å². The van der Waals surface area contributed by atoms with Gasteiger partial charge in [-0.3, -0.25) is 0 Å². The molecule has 0 fully saturated rings. The average Bonchev–Trinajstić information content (AvgIpc) is 2.16. The molecule has 0 amide bonds. The zero-order chi connectivity index (χ0) is 10.2. The highest BCUT2D eigenvalue weighted by Gasteiger charge is 2.31. The quantitative estimate of drug-likeness (QED) is 0.677. The molecule has 0 atom stereocenters. The molecule has 1 aromatic carbocycles. The van der Waals surface area contributed by atoms with Gasteiger partial charge in [-0.15, -0.1) is 0 Å². The Morgan fingerprint density at radius 2 is 2.07 bits per heavy atom. The summed E-state index contributed by atoms with van der Waals surface area (Å²) >= 11 is 1.19. The van der Waals surface area contributed by atoms with E-state index in [0.717, 1.165) is 17.0 Å². The van der Waals surface area contributed by atoms with E-state index in [0.29, 0.717) is 5.56 Å². The number of hydrogen-bond donors (Lipinski definition) is 1. The first-order chi connectivity index (χ1) is 6.57. The number of fused-ring (bicyclic) bond motifs is 1. The van der Waals surface area contributed by atoms with E-state index in [1.54, 1.807) is 0 Å². The van der Waals surface area contributed by atoms with Crippen molar-refractivity contribution in [2.45, 2.75) is 11.1 Å². The third kappa shape index (κ3) is 1.70. The van der Waals surface area contributed by atoms with Crippen molar-refractivity contribution in [2.24, 2.45) is 5.10 Å². The summed E-state index contributed by atoms with van der Waals surface area (Å²) in [6.45, 7) is 0. The molecule has 0 saturated heterocycles. The minimum absolute atomic E-state index is 0.489. The Bertz CT molecular complexity index is 387. The summed E-state index contributed by atoms with van der Waals surface area (Å²) in [4.78, 5) is 3.35. The fourth-order valence-electron chi connectivity index (χ4n) is 1.09. The van der Waals surface area contributed by atoms with Crippen molar-refractivity contribution in [3.8, 4) is 0 Å². The average molecular weight is 218 g/mol. The lowest BCUT2D eigenvalue weighted by Gasteiger charge is -2.12. The van der Waals surface area contributed by atoms with Crippen molar-refractivity contribution in [1.82, 2.24) is 4.83 Å². The maximum atomic E-state index is 12.3. The zero-order valence-corrected chi connectivity index (χ0v) is 7.62. The summed E-state index contributed by atoms with van der Waals surface area (Å²) in [7, 11) is 0. The second-order valence-corrected chi connectivity index (χ2v) is 3.53. The molecule has 0 aliphatic carbocycles. The Kier molecular flexibility index (Phi) is 2.14. The Balaban J connectivity index is 2.45. The Labute approximate surface area is 82.3 Å². The third-order valence-corrected chi connectivity index (χ3v) is 2.54. The minimum atomic E-state index is -4.29. The molecule has 1 N–H and O–H groups in total. The molecule has 2 nitrogen and oxygen atoms in total. The van der Waals surface area contributed by atoms with Crippen LogP contribution in [-0.4, -0.2) is 6.21 Å². The molecule has 0 saturated carbocycles. The van der Waals surface area contributed by atoms with Gasteiger partial charge in [-0.05, 0) is 18.2 Å². The van der Waals surface area contributed by atoms with Crippen molar-refractivity contribution in [1.29, 1.82) is 0 Å². The second kappa shape index (κ2) is 3.20. The van der Waals surface area contributed by atoms with Crippen LogP contribution in [0.3, 0.4) is 0 Å². The molecule has 74 valence electrons. The molecule has 1 aromatic rings. The fraction of sp³-hybridized carbons (Fsp3) is 0.125. The Morgan fingerprint density at radius 1 is 1.29 bits per heavy atom. The van der Waals surface area contributed by atoms with Crippen molar-refractivity contribution in [2.75, 3.05) is 0 Å². The van der Waals surface area contributed by atoms with Crippen LogP contribution in [0.1, 0.15) is 11.1 Å². The van der Waals surface area contributed by atoms with Gasteiger partial charge in [-0.25, -0.2) is 4.83 Å². The van der Waals surface area contributed by atoms with E-state index in [9.17, 15) is 13.2 Å². The molecule has 2 rings (SSSR count). The molecule has 6 heteroatoms. The third-order valence-electron chi connectivity index (χ3n) is 1.75. The number of halogens is 3. The maximum absolute atomic E-state index is 12.3. The van der Waals surface area contributed by atoms with Crippen molar-refractivity contribution in [3.05, 3.63) is 29.3 Å². The predicted octanol–water partition coefficient (Wildman–Crippen LogP) is 2.65. The lowest BCUT2D eigenvalue weighted by molar-refractivity contribution is -0.137. The van der Waals surface area contributed by atoms with Crippen molar-refractivity contribution < 1.29 is 13.2 Å². The number of hydrogen-bond acceptors (Lipinski definition) is 3. The van der Waals surface area contributed by atoms with Crippen molar-refractivity contribution in [3.63, 3.8) is 0 Å². The van der Waals surface area contributed by atoms with Gasteiger partial charge in [0.25, 0.3) is 0 Å². The molecule has 0 spiro atoms. The Morgan fingerprint density at radius 3 is 2.79 bits per heavy atom. The standard InChI is InChI=1S/C8H5F3N2S/c9-8(10,11)6-1-2-7-5(3-6)4-12-13-14-7/h1-4,13H. The topological polar surface area (TPSA) is 24.4 Å². The van der Waals surface area contributed by atoms with E-state index in [-0.39, 0.29) is 0 Å². The van der Waals surface area contributed by atoms with Crippen molar-refractivity contribution >= 4 is 18.2 Å². The second-order valence-electron chi connectivity index (χ2n) is 2.70. The van der Waals surface area contributed by atoms with E-state index in [1.165, 1.54) is 24.2 Å². The summed E-state index contributed by atoms with van der Waals surface area (Å²) < 4.78 is 36.9. The number of hydrazone groups is 1. The van der Waals surface area contributed by atoms with E-state index in [2.05, 4.69) is 9.93 Å². The molecule has 14 heavy (non-hydrogen) atoms. The number of nitrogens with one attached hydrogen (secondary N) is 1. The van der Waals surface area contributed by atoms with Gasteiger partial charge in [-0.2, -0.15) is 18.3 Å². The molecule has 1 aliphatic heterocycles. The van der Waals surface area contributed by atoms with Crippen LogP contribution >= 0.6 is 11.9 Å². The Hall–Kier alpha value is -1.17. The van der Waals surface area contributed by atoms with Crippen LogP contribution in [0.4, 0.5) is 13.2 Å². The largest absolute Gasteiger partial charge is 0.416 e.